The Kier molecular flexibility index (Phi) is 5.90. The van der Waals surface area contributed by atoms with E-state index in [9.17, 15) is 9.59 Å². The van der Waals surface area contributed by atoms with Gasteiger partial charge in [0.15, 0.2) is 0 Å². The molecule has 0 saturated carbocycles. The molecule has 1 atom stereocenters. The molecule has 0 aromatic heterocycles. The summed E-state index contributed by atoms with van der Waals surface area (Å²) >= 11 is 0. The number of methoxy groups -OCH3 is 1. The van der Waals surface area contributed by atoms with E-state index in [4.69, 9.17) is 4.74 Å². The summed E-state index contributed by atoms with van der Waals surface area (Å²) in [6.45, 7) is 5.22. The van der Waals surface area contributed by atoms with Gasteiger partial charge in [-0.1, -0.05) is 31.2 Å². The number of hydrogen-bond donors (Lipinski definition) is 0. The van der Waals surface area contributed by atoms with E-state index in [0.717, 1.165) is 69.5 Å². The second kappa shape index (κ2) is 8.44. The summed E-state index contributed by atoms with van der Waals surface area (Å²) in [6.07, 6.45) is 10.7. The molecule has 1 aromatic rings. The maximum absolute atomic E-state index is 13.2. The highest BCUT2D eigenvalue weighted by molar-refractivity contribution is 5.83. The van der Waals surface area contributed by atoms with Crippen LogP contribution < -0.4 is 4.74 Å². The van der Waals surface area contributed by atoms with Crippen molar-refractivity contribution in [1.29, 1.82) is 0 Å². The number of ether oxygens (including phenoxy) is 1. The summed E-state index contributed by atoms with van der Waals surface area (Å²) in [5, 5.41) is 0. The third-order valence-electron chi connectivity index (χ3n) is 7.51. The van der Waals surface area contributed by atoms with Crippen molar-refractivity contribution < 1.29 is 14.3 Å². The van der Waals surface area contributed by atoms with Crippen molar-refractivity contribution in [2.45, 2.75) is 58.4 Å². The van der Waals surface area contributed by atoms with Gasteiger partial charge in [0, 0.05) is 32.6 Å². The van der Waals surface area contributed by atoms with Crippen LogP contribution in [0.3, 0.4) is 0 Å². The van der Waals surface area contributed by atoms with Crippen LogP contribution in [0.1, 0.15) is 57.4 Å². The summed E-state index contributed by atoms with van der Waals surface area (Å²) in [7, 11) is 1.66. The Labute approximate surface area is 180 Å². The zero-order chi connectivity index (χ0) is 21.2. The van der Waals surface area contributed by atoms with E-state index in [1.54, 1.807) is 7.11 Å². The van der Waals surface area contributed by atoms with Crippen molar-refractivity contribution >= 4 is 11.8 Å². The molecule has 3 aliphatic rings. The predicted molar refractivity (Wildman–Crippen MR) is 117 cm³/mol. The maximum atomic E-state index is 13.2. The Morgan fingerprint density at radius 3 is 2.43 bits per heavy atom. The molecule has 1 spiro atoms. The highest BCUT2D eigenvalue weighted by Gasteiger charge is 2.44. The Hall–Kier alpha value is -2.30. The summed E-state index contributed by atoms with van der Waals surface area (Å²) in [5.74, 6) is 1.40. The van der Waals surface area contributed by atoms with Gasteiger partial charge in [0.2, 0.25) is 11.8 Å². The van der Waals surface area contributed by atoms with Crippen molar-refractivity contribution in [3.63, 3.8) is 0 Å². The van der Waals surface area contributed by atoms with Crippen molar-refractivity contribution in [1.82, 2.24) is 9.80 Å². The lowest BCUT2D eigenvalue weighted by Crippen LogP contribution is -2.54. The molecule has 2 saturated heterocycles. The van der Waals surface area contributed by atoms with Gasteiger partial charge in [0.1, 0.15) is 5.75 Å². The fourth-order valence-corrected chi connectivity index (χ4v) is 5.33. The number of hydrogen-bond acceptors (Lipinski definition) is 3. The van der Waals surface area contributed by atoms with Crippen LogP contribution in [0.4, 0.5) is 0 Å². The molecule has 0 bridgehead atoms. The molecular formula is C25H34N2O3. The van der Waals surface area contributed by atoms with Crippen LogP contribution >= 0.6 is 0 Å². The Balaban J connectivity index is 1.37. The first kappa shape index (κ1) is 21.0. The number of benzene rings is 1. The number of piperidine rings is 2. The molecule has 2 aliphatic heterocycles. The van der Waals surface area contributed by atoms with Crippen LogP contribution in [-0.4, -0.2) is 48.4 Å². The van der Waals surface area contributed by atoms with Crippen LogP contribution in [0.15, 0.2) is 36.4 Å². The molecule has 0 radical (unpaired) electrons. The van der Waals surface area contributed by atoms with Crippen LogP contribution in [0.5, 0.6) is 5.75 Å². The molecule has 30 heavy (non-hydrogen) atoms. The fraction of sp³-hybridized carbons (Fsp3) is 0.600. The lowest BCUT2D eigenvalue weighted by molar-refractivity contribution is -0.148. The van der Waals surface area contributed by atoms with Crippen LogP contribution in [-0.2, 0) is 16.1 Å². The van der Waals surface area contributed by atoms with Gasteiger partial charge >= 0.3 is 0 Å². The third kappa shape index (κ3) is 4.26. The Bertz CT molecular complexity index is 808. The number of carbonyl (C=O) groups excluding carboxylic acids is 2. The SMILES string of the molecule is COc1ccc(CN2CC3(CCC2=O)CCN(C(=O)C2(C)CC=CCC2)CC3)cc1. The van der Waals surface area contributed by atoms with Crippen LogP contribution in [0.25, 0.3) is 0 Å². The summed E-state index contributed by atoms with van der Waals surface area (Å²) in [6, 6.07) is 7.97. The molecule has 5 heteroatoms. The van der Waals surface area contributed by atoms with Gasteiger partial charge in [-0.25, -0.2) is 0 Å². The number of rotatable bonds is 4. The van der Waals surface area contributed by atoms with E-state index < -0.39 is 0 Å². The second-order valence-corrected chi connectivity index (χ2v) is 9.66. The fourth-order valence-electron chi connectivity index (χ4n) is 5.33. The van der Waals surface area contributed by atoms with Gasteiger partial charge in [-0.05, 0) is 61.6 Å². The monoisotopic (exact) mass is 410 g/mol. The minimum absolute atomic E-state index is 0.157. The van der Waals surface area contributed by atoms with E-state index in [2.05, 4.69) is 24.0 Å². The third-order valence-corrected chi connectivity index (χ3v) is 7.51. The Morgan fingerprint density at radius 1 is 1.07 bits per heavy atom. The average molecular weight is 411 g/mol. The quantitative estimate of drug-likeness (QED) is 0.700. The summed E-state index contributed by atoms with van der Waals surface area (Å²) in [4.78, 5) is 29.9. The molecule has 2 heterocycles. The lowest BCUT2D eigenvalue weighted by Gasteiger charge is -2.48. The first-order chi connectivity index (χ1) is 14.4. The van der Waals surface area contributed by atoms with Gasteiger partial charge in [-0.15, -0.1) is 0 Å². The molecule has 0 N–H and O–H groups in total. The van der Waals surface area contributed by atoms with E-state index in [1.165, 1.54) is 0 Å². The molecule has 2 amide bonds. The highest BCUT2D eigenvalue weighted by Crippen LogP contribution is 2.42. The molecule has 1 aliphatic carbocycles. The van der Waals surface area contributed by atoms with E-state index in [-0.39, 0.29) is 16.7 Å². The normalized spacial score (nSPS) is 26.1. The van der Waals surface area contributed by atoms with Crippen LogP contribution in [0.2, 0.25) is 0 Å². The van der Waals surface area contributed by atoms with Gasteiger partial charge in [0.05, 0.1) is 12.5 Å². The second-order valence-electron chi connectivity index (χ2n) is 9.66. The van der Waals surface area contributed by atoms with Gasteiger partial charge < -0.3 is 14.5 Å². The Morgan fingerprint density at radius 2 is 1.80 bits per heavy atom. The molecule has 5 nitrogen and oxygen atoms in total. The molecular weight excluding hydrogens is 376 g/mol. The van der Waals surface area contributed by atoms with Gasteiger partial charge in [0.25, 0.3) is 0 Å². The molecule has 1 unspecified atom stereocenters. The van der Waals surface area contributed by atoms with Gasteiger partial charge in [-0.3, -0.25) is 9.59 Å². The molecule has 2 fully saturated rings. The number of likely N-dealkylation sites (tertiary alicyclic amines) is 2. The first-order valence-electron chi connectivity index (χ1n) is 11.3. The van der Waals surface area contributed by atoms with Crippen LogP contribution in [0, 0.1) is 10.8 Å². The van der Waals surface area contributed by atoms with Crippen molar-refractivity contribution in [2.75, 3.05) is 26.7 Å². The number of allylic oxidation sites excluding steroid dienone is 2. The van der Waals surface area contributed by atoms with Gasteiger partial charge in [-0.2, -0.15) is 0 Å². The molecule has 4 rings (SSSR count). The summed E-state index contributed by atoms with van der Waals surface area (Å²) < 4.78 is 5.23. The van der Waals surface area contributed by atoms with E-state index in [1.807, 2.05) is 29.2 Å². The number of carbonyl (C=O) groups is 2. The number of amides is 2. The largest absolute Gasteiger partial charge is 0.497 e. The average Bonchev–Trinajstić information content (AvgIpc) is 2.77. The van der Waals surface area contributed by atoms with Crippen molar-refractivity contribution in [3.05, 3.63) is 42.0 Å². The van der Waals surface area contributed by atoms with E-state index in [0.29, 0.717) is 18.9 Å². The number of nitrogens with zero attached hydrogens (tertiary/aromatic N) is 2. The predicted octanol–water partition coefficient (Wildman–Crippen LogP) is 4.17. The maximum Gasteiger partial charge on any atom is 0.228 e. The minimum atomic E-state index is -0.234. The molecule has 162 valence electrons. The first-order valence-corrected chi connectivity index (χ1v) is 11.3. The zero-order valence-electron chi connectivity index (χ0n) is 18.4. The summed E-state index contributed by atoms with van der Waals surface area (Å²) in [5.41, 5.74) is 1.05. The smallest absolute Gasteiger partial charge is 0.228 e. The lowest BCUT2D eigenvalue weighted by atomic mass is 9.71. The van der Waals surface area contributed by atoms with E-state index >= 15 is 0 Å². The highest BCUT2D eigenvalue weighted by atomic mass is 16.5. The zero-order valence-corrected chi connectivity index (χ0v) is 18.4. The minimum Gasteiger partial charge on any atom is -0.497 e. The molecule has 1 aromatic carbocycles. The van der Waals surface area contributed by atoms with Crippen molar-refractivity contribution in [3.8, 4) is 5.75 Å². The topological polar surface area (TPSA) is 49.9 Å². The van der Waals surface area contributed by atoms with Crippen molar-refractivity contribution in [2.24, 2.45) is 10.8 Å². The standard InChI is InChI=1S/C25H34N2O3/c1-24(11-4-3-5-12-24)23(29)26-16-14-25(15-17-26)13-10-22(28)27(19-25)18-20-6-8-21(30-2)9-7-20/h3-4,6-9H,5,10-19H2,1-2H3.